The second-order valence-electron chi connectivity index (χ2n) is 8.55. The Morgan fingerprint density at radius 2 is 1.77 bits per heavy atom. The van der Waals surface area contributed by atoms with E-state index in [9.17, 15) is 5.11 Å². The number of aromatic nitrogens is 1. The Hall–Kier alpha value is -2.15. The Morgan fingerprint density at radius 3 is 2.48 bits per heavy atom. The van der Waals surface area contributed by atoms with Gasteiger partial charge in [-0.1, -0.05) is 31.4 Å². The first-order valence-electron chi connectivity index (χ1n) is 11.4. The standard InChI is InChI=1S/C25H37N3O3/c1-27(18-22-9-8-12-26-16-22)17-21-10-11-24(30-2)25(15-21)31-20-23(29)19-28-13-6-4-3-5-7-14-28/h8-12,15-16,23,29H,3-7,13-14,17-20H2,1-2H3. The van der Waals surface area contributed by atoms with Crippen LogP contribution in [0.2, 0.25) is 0 Å². The van der Waals surface area contributed by atoms with Crippen LogP contribution in [0.25, 0.3) is 0 Å². The molecule has 6 nitrogen and oxygen atoms in total. The van der Waals surface area contributed by atoms with Crippen molar-refractivity contribution in [2.45, 2.75) is 51.3 Å². The van der Waals surface area contributed by atoms with Crippen LogP contribution in [0, 0.1) is 0 Å². The van der Waals surface area contributed by atoms with Gasteiger partial charge in [-0.15, -0.1) is 0 Å². The van der Waals surface area contributed by atoms with Crippen LogP contribution in [0.15, 0.2) is 42.7 Å². The van der Waals surface area contributed by atoms with Crippen LogP contribution >= 0.6 is 0 Å². The van der Waals surface area contributed by atoms with Gasteiger partial charge in [0.15, 0.2) is 11.5 Å². The van der Waals surface area contributed by atoms with Crippen molar-refractivity contribution in [2.24, 2.45) is 0 Å². The van der Waals surface area contributed by atoms with E-state index in [1.807, 2.05) is 24.4 Å². The lowest BCUT2D eigenvalue weighted by Gasteiger charge is -2.27. The van der Waals surface area contributed by atoms with Crippen LogP contribution in [0.4, 0.5) is 0 Å². The molecule has 1 aromatic carbocycles. The maximum absolute atomic E-state index is 10.5. The Labute approximate surface area is 186 Å². The summed E-state index contributed by atoms with van der Waals surface area (Å²) in [5.74, 6) is 1.37. The van der Waals surface area contributed by atoms with Crippen molar-refractivity contribution in [2.75, 3.05) is 40.4 Å². The zero-order valence-electron chi connectivity index (χ0n) is 19.0. The summed E-state index contributed by atoms with van der Waals surface area (Å²) in [7, 11) is 3.73. The summed E-state index contributed by atoms with van der Waals surface area (Å²) in [6, 6.07) is 10.1. The summed E-state index contributed by atoms with van der Waals surface area (Å²) in [4.78, 5) is 8.79. The number of hydrogen-bond acceptors (Lipinski definition) is 6. The number of hydrogen-bond donors (Lipinski definition) is 1. The van der Waals surface area contributed by atoms with Crippen LogP contribution in [-0.2, 0) is 13.1 Å². The smallest absolute Gasteiger partial charge is 0.161 e. The van der Waals surface area contributed by atoms with E-state index in [0.29, 0.717) is 18.0 Å². The highest BCUT2D eigenvalue weighted by molar-refractivity contribution is 5.43. The third kappa shape index (κ3) is 8.13. The number of likely N-dealkylation sites (tertiary alicyclic amines) is 1. The highest BCUT2D eigenvalue weighted by atomic mass is 16.5. The molecule has 0 radical (unpaired) electrons. The number of β-amino-alcohol motifs (C(OH)–C–C–N with tert-alkyl or cyclic N) is 1. The van der Waals surface area contributed by atoms with Crippen LogP contribution in [-0.4, -0.2) is 66.4 Å². The predicted octanol–water partition coefficient (Wildman–Crippen LogP) is 3.73. The normalized spacial score (nSPS) is 16.5. The molecule has 170 valence electrons. The first kappa shape index (κ1) is 23.5. The third-order valence-corrected chi connectivity index (χ3v) is 5.70. The number of methoxy groups -OCH3 is 1. The highest BCUT2D eigenvalue weighted by Crippen LogP contribution is 2.29. The van der Waals surface area contributed by atoms with Crippen molar-refractivity contribution in [1.29, 1.82) is 0 Å². The Kier molecular flexibility index (Phi) is 9.59. The number of ether oxygens (including phenoxy) is 2. The maximum atomic E-state index is 10.5. The van der Waals surface area contributed by atoms with Gasteiger partial charge >= 0.3 is 0 Å². The largest absolute Gasteiger partial charge is 0.493 e. The number of nitrogens with zero attached hydrogens (tertiary/aromatic N) is 3. The number of benzene rings is 1. The summed E-state index contributed by atoms with van der Waals surface area (Å²) in [5, 5.41) is 10.5. The minimum atomic E-state index is -0.513. The molecule has 3 rings (SSSR count). The van der Waals surface area contributed by atoms with E-state index in [1.165, 1.54) is 37.7 Å². The van der Waals surface area contributed by atoms with E-state index >= 15 is 0 Å². The second-order valence-corrected chi connectivity index (χ2v) is 8.55. The minimum absolute atomic E-state index is 0.266. The quantitative estimate of drug-likeness (QED) is 0.624. The van der Waals surface area contributed by atoms with Gasteiger partial charge in [-0.25, -0.2) is 0 Å². The lowest BCUT2D eigenvalue weighted by atomic mass is 10.1. The molecule has 1 fully saturated rings. The van der Waals surface area contributed by atoms with Gasteiger partial charge in [0.05, 0.1) is 7.11 Å². The average Bonchev–Trinajstić information content (AvgIpc) is 2.75. The molecule has 0 saturated carbocycles. The van der Waals surface area contributed by atoms with E-state index in [4.69, 9.17) is 9.47 Å². The summed E-state index contributed by atoms with van der Waals surface area (Å²) in [5.41, 5.74) is 2.32. The molecule has 1 atom stereocenters. The molecule has 0 spiro atoms. The van der Waals surface area contributed by atoms with Crippen LogP contribution in [0.3, 0.4) is 0 Å². The van der Waals surface area contributed by atoms with E-state index in [-0.39, 0.29) is 6.61 Å². The lowest BCUT2D eigenvalue weighted by molar-refractivity contribution is 0.0644. The minimum Gasteiger partial charge on any atom is -0.493 e. The fraction of sp³-hybridized carbons (Fsp3) is 0.560. The first-order valence-corrected chi connectivity index (χ1v) is 11.4. The summed E-state index contributed by atoms with van der Waals surface area (Å²) < 4.78 is 11.5. The van der Waals surface area contributed by atoms with Gasteiger partial charge in [0.1, 0.15) is 12.7 Å². The molecule has 1 aliphatic rings. The van der Waals surface area contributed by atoms with E-state index in [0.717, 1.165) is 31.7 Å². The van der Waals surface area contributed by atoms with Gasteiger partial charge in [-0.2, -0.15) is 0 Å². The molecule has 1 unspecified atom stereocenters. The monoisotopic (exact) mass is 427 g/mol. The molecule has 6 heteroatoms. The molecule has 31 heavy (non-hydrogen) atoms. The molecular formula is C25H37N3O3. The molecule has 1 saturated heterocycles. The number of aliphatic hydroxyl groups is 1. The van der Waals surface area contributed by atoms with Crippen molar-refractivity contribution in [3.05, 3.63) is 53.9 Å². The van der Waals surface area contributed by atoms with Gasteiger partial charge in [0.2, 0.25) is 0 Å². The maximum Gasteiger partial charge on any atom is 0.161 e. The average molecular weight is 428 g/mol. The van der Waals surface area contributed by atoms with Crippen LogP contribution < -0.4 is 9.47 Å². The zero-order valence-corrected chi connectivity index (χ0v) is 19.0. The Bertz CT molecular complexity index is 764. The zero-order chi connectivity index (χ0) is 21.9. The Morgan fingerprint density at radius 1 is 1.03 bits per heavy atom. The molecule has 1 aliphatic heterocycles. The highest BCUT2D eigenvalue weighted by Gasteiger charge is 2.15. The van der Waals surface area contributed by atoms with Crippen LogP contribution in [0.5, 0.6) is 11.5 Å². The lowest BCUT2D eigenvalue weighted by Crippen LogP contribution is -2.37. The number of rotatable bonds is 10. The summed E-state index contributed by atoms with van der Waals surface area (Å²) >= 11 is 0. The van der Waals surface area contributed by atoms with E-state index < -0.39 is 6.10 Å². The van der Waals surface area contributed by atoms with Crippen molar-refractivity contribution in [1.82, 2.24) is 14.8 Å². The molecule has 1 N–H and O–H groups in total. The van der Waals surface area contributed by atoms with Crippen molar-refractivity contribution >= 4 is 0 Å². The van der Waals surface area contributed by atoms with E-state index in [1.54, 1.807) is 13.3 Å². The second kappa shape index (κ2) is 12.6. The molecule has 0 aliphatic carbocycles. The number of pyridine rings is 1. The molecule has 0 bridgehead atoms. The summed E-state index contributed by atoms with van der Waals surface area (Å²) in [6.45, 7) is 4.67. The van der Waals surface area contributed by atoms with Gasteiger partial charge in [0.25, 0.3) is 0 Å². The number of aliphatic hydroxyl groups excluding tert-OH is 1. The topological polar surface area (TPSA) is 58.1 Å². The van der Waals surface area contributed by atoms with Gasteiger partial charge in [0, 0.05) is 32.0 Å². The molecule has 1 aromatic heterocycles. The van der Waals surface area contributed by atoms with Crippen molar-refractivity contribution in [3.8, 4) is 11.5 Å². The molecule has 2 aromatic rings. The van der Waals surface area contributed by atoms with Crippen LogP contribution in [0.1, 0.15) is 43.2 Å². The fourth-order valence-electron chi connectivity index (χ4n) is 4.14. The fourth-order valence-corrected chi connectivity index (χ4v) is 4.14. The van der Waals surface area contributed by atoms with E-state index in [2.05, 4.69) is 34.0 Å². The molecular weight excluding hydrogens is 390 g/mol. The SMILES string of the molecule is COc1ccc(CN(C)Cc2cccnc2)cc1OCC(O)CN1CCCCCCC1. The first-order chi connectivity index (χ1) is 15.1. The Balaban J connectivity index is 1.53. The third-order valence-electron chi connectivity index (χ3n) is 5.70. The van der Waals surface area contributed by atoms with Gasteiger partial charge in [-0.05, 0) is 62.3 Å². The van der Waals surface area contributed by atoms with Crippen molar-refractivity contribution in [3.63, 3.8) is 0 Å². The summed E-state index contributed by atoms with van der Waals surface area (Å²) in [6.07, 6.45) is 9.54. The van der Waals surface area contributed by atoms with Gasteiger partial charge in [-0.3, -0.25) is 9.88 Å². The molecule has 2 heterocycles. The van der Waals surface area contributed by atoms with Gasteiger partial charge < -0.3 is 19.5 Å². The van der Waals surface area contributed by atoms with Crippen molar-refractivity contribution < 1.29 is 14.6 Å². The predicted molar refractivity (Wildman–Crippen MR) is 123 cm³/mol. The molecule has 0 amide bonds.